The molecule has 0 amide bonds. The van der Waals surface area contributed by atoms with Crippen molar-refractivity contribution in [2.24, 2.45) is 0 Å². The third-order valence-electron chi connectivity index (χ3n) is 2.06. The molecule has 7 heteroatoms. The molecule has 18 heavy (non-hydrogen) atoms. The zero-order valence-corrected chi connectivity index (χ0v) is 10.3. The van der Waals surface area contributed by atoms with Crippen LogP contribution in [0.1, 0.15) is 10.5 Å². The first kappa shape index (κ1) is 12.3. The number of carbonyl (C=O) groups is 1. The van der Waals surface area contributed by atoms with E-state index in [2.05, 4.69) is 20.3 Å². The number of carboxylic acids is 1. The molecule has 0 atom stereocenters. The second-order valence-corrected chi connectivity index (χ2v) is 4.06. The van der Waals surface area contributed by atoms with Gasteiger partial charge in [-0.25, -0.2) is 14.8 Å². The Bertz CT molecular complexity index is 562. The predicted octanol–water partition coefficient (Wildman–Crippen LogP) is 2.04. The van der Waals surface area contributed by atoms with Crippen molar-refractivity contribution in [1.82, 2.24) is 15.0 Å². The van der Waals surface area contributed by atoms with Crippen LogP contribution in [0.4, 0.5) is 11.5 Å². The molecule has 0 fully saturated rings. The summed E-state index contributed by atoms with van der Waals surface area (Å²) >= 11 is 1.29. The summed E-state index contributed by atoms with van der Waals surface area (Å²) in [4.78, 5) is 22.9. The van der Waals surface area contributed by atoms with Crippen molar-refractivity contribution >= 4 is 29.2 Å². The number of thioether (sulfide) groups is 1. The van der Waals surface area contributed by atoms with Crippen molar-refractivity contribution in [2.75, 3.05) is 11.6 Å². The molecule has 0 aliphatic carbocycles. The normalized spacial score (nSPS) is 10.1. The Kier molecular flexibility index (Phi) is 3.73. The highest BCUT2D eigenvalue weighted by atomic mass is 32.2. The average Bonchev–Trinajstić information content (AvgIpc) is 2.39. The minimum atomic E-state index is -1.08. The number of nitrogens with one attached hydrogen (secondary N) is 1. The SMILES string of the molecule is CSc1nc(Nc2ccncc2)cc(C(=O)O)n1. The van der Waals surface area contributed by atoms with Crippen LogP contribution < -0.4 is 5.32 Å². The summed E-state index contributed by atoms with van der Waals surface area (Å²) in [6, 6.07) is 4.92. The van der Waals surface area contributed by atoms with E-state index < -0.39 is 5.97 Å². The van der Waals surface area contributed by atoms with Crippen LogP contribution in [0, 0.1) is 0 Å². The third kappa shape index (κ3) is 2.95. The van der Waals surface area contributed by atoms with Crippen LogP contribution in [0.15, 0.2) is 35.7 Å². The number of rotatable bonds is 4. The van der Waals surface area contributed by atoms with Gasteiger partial charge in [-0.2, -0.15) is 0 Å². The molecule has 0 aliphatic rings. The van der Waals surface area contributed by atoms with E-state index in [1.807, 2.05) is 0 Å². The molecule has 2 heterocycles. The van der Waals surface area contributed by atoms with Gasteiger partial charge in [-0.05, 0) is 18.4 Å². The van der Waals surface area contributed by atoms with Gasteiger partial charge in [-0.1, -0.05) is 11.8 Å². The molecule has 2 aromatic heterocycles. The fourth-order valence-corrected chi connectivity index (χ4v) is 1.65. The first-order chi connectivity index (χ1) is 8.69. The van der Waals surface area contributed by atoms with E-state index in [-0.39, 0.29) is 5.69 Å². The number of pyridine rings is 1. The van der Waals surface area contributed by atoms with Gasteiger partial charge in [0.2, 0.25) is 0 Å². The van der Waals surface area contributed by atoms with E-state index in [0.717, 1.165) is 5.69 Å². The van der Waals surface area contributed by atoms with Crippen LogP contribution in [0.5, 0.6) is 0 Å². The molecule has 0 aromatic carbocycles. The number of nitrogens with zero attached hydrogens (tertiary/aromatic N) is 3. The number of anilines is 2. The number of aromatic carboxylic acids is 1. The van der Waals surface area contributed by atoms with Crippen molar-refractivity contribution < 1.29 is 9.90 Å². The maximum Gasteiger partial charge on any atom is 0.354 e. The molecular formula is C11H10N4O2S. The third-order valence-corrected chi connectivity index (χ3v) is 2.61. The van der Waals surface area contributed by atoms with Crippen LogP contribution in [-0.2, 0) is 0 Å². The van der Waals surface area contributed by atoms with E-state index in [9.17, 15) is 4.79 Å². The van der Waals surface area contributed by atoms with E-state index in [4.69, 9.17) is 5.11 Å². The van der Waals surface area contributed by atoms with Crippen LogP contribution in [0.3, 0.4) is 0 Å². The van der Waals surface area contributed by atoms with E-state index >= 15 is 0 Å². The number of aromatic nitrogens is 3. The first-order valence-corrected chi connectivity index (χ1v) is 6.25. The van der Waals surface area contributed by atoms with Gasteiger partial charge < -0.3 is 10.4 Å². The smallest absolute Gasteiger partial charge is 0.354 e. The van der Waals surface area contributed by atoms with Gasteiger partial charge in [0.05, 0.1) is 0 Å². The summed E-state index contributed by atoms with van der Waals surface area (Å²) < 4.78 is 0. The maximum absolute atomic E-state index is 10.9. The quantitative estimate of drug-likeness (QED) is 0.643. The molecule has 6 nitrogen and oxygen atoms in total. The standard InChI is InChI=1S/C11H10N4O2S/c1-18-11-14-8(10(16)17)6-9(15-11)13-7-2-4-12-5-3-7/h2-6H,1H3,(H,16,17)(H,12,13,14,15). The minimum Gasteiger partial charge on any atom is -0.477 e. The molecular weight excluding hydrogens is 252 g/mol. The number of carboxylic acid groups (broad SMARTS) is 1. The van der Waals surface area contributed by atoms with E-state index in [1.165, 1.54) is 17.8 Å². The van der Waals surface area contributed by atoms with Gasteiger partial charge in [0, 0.05) is 24.1 Å². The minimum absolute atomic E-state index is 0.0362. The Morgan fingerprint density at radius 2 is 2.06 bits per heavy atom. The van der Waals surface area contributed by atoms with Gasteiger partial charge in [0.25, 0.3) is 0 Å². The Balaban J connectivity index is 2.32. The zero-order valence-electron chi connectivity index (χ0n) is 9.49. The molecule has 0 saturated heterocycles. The largest absolute Gasteiger partial charge is 0.477 e. The van der Waals surface area contributed by atoms with Crippen LogP contribution in [0.25, 0.3) is 0 Å². The molecule has 2 rings (SSSR count). The average molecular weight is 262 g/mol. The molecule has 0 spiro atoms. The van der Waals surface area contributed by atoms with Gasteiger partial charge in [0.1, 0.15) is 5.82 Å². The van der Waals surface area contributed by atoms with E-state index in [0.29, 0.717) is 11.0 Å². The Morgan fingerprint density at radius 3 is 2.67 bits per heavy atom. The Hall–Kier alpha value is -2.15. The molecule has 0 bridgehead atoms. The summed E-state index contributed by atoms with van der Waals surface area (Å²) in [7, 11) is 0. The fraction of sp³-hybridized carbons (Fsp3) is 0.0909. The molecule has 0 radical (unpaired) electrons. The van der Waals surface area contributed by atoms with Gasteiger partial charge in [0.15, 0.2) is 10.9 Å². The summed E-state index contributed by atoms with van der Waals surface area (Å²) in [5.41, 5.74) is 0.748. The molecule has 0 aliphatic heterocycles. The molecule has 0 unspecified atom stereocenters. The van der Waals surface area contributed by atoms with Crippen molar-refractivity contribution in [3.63, 3.8) is 0 Å². The van der Waals surface area contributed by atoms with Crippen LogP contribution >= 0.6 is 11.8 Å². The highest BCUT2D eigenvalue weighted by Crippen LogP contribution is 2.18. The zero-order chi connectivity index (χ0) is 13.0. The molecule has 2 aromatic rings. The molecule has 92 valence electrons. The highest BCUT2D eigenvalue weighted by Gasteiger charge is 2.10. The lowest BCUT2D eigenvalue weighted by atomic mass is 10.3. The fourth-order valence-electron chi connectivity index (χ4n) is 1.27. The summed E-state index contributed by atoms with van der Waals surface area (Å²) in [5, 5.41) is 12.4. The monoisotopic (exact) mass is 262 g/mol. The summed E-state index contributed by atoms with van der Waals surface area (Å²) in [6.45, 7) is 0. The summed E-state index contributed by atoms with van der Waals surface area (Å²) in [6.07, 6.45) is 5.06. The van der Waals surface area contributed by atoms with Crippen molar-refractivity contribution in [3.05, 3.63) is 36.3 Å². The van der Waals surface area contributed by atoms with Gasteiger partial charge in [-0.3, -0.25) is 4.98 Å². The lowest BCUT2D eigenvalue weighted by molar-refractivity contribution is 0.0689. The first-order valence-electron chi connectivity index (χ1n) is 5.02. The predicted molar refractivity (Wildman–Crippen MR) is 68.3 cm³/mol. The number of hydrogen-bond donors (Lipinski definition) is 2. The Labute approximate surface area is 108 Å². The topological polar surface area (TPSA) is 88.0 Å². The number of hydrogen-bond acceptors (Lipinski definition) is 6. The second-order valence-electron chi connectivity index (χ2n) is 3.29. The summed E-state index contributed by atoms with van der Waals surface area (Å²) in [5.74, 6) is -0.636. The lowest BCUT2D eigenvalue weighted by Crippen LogP contribution is -2.05. The van der Waals surface area contributed by atoms with Crippen molar-refractivity contribution in [2.45, 2.75) is 5.16 Å². The molecule has 0 saturated carbocycles. The maximum atomic E-state index is 10.9. The van der Waals surface area contributed by atoms with Gasteiger partial charge in [-0.15, -0.1) is 0 Å². The van der Waals surface area contributed by atoms with Crippen LogP contribution in [-0.4, -0.2) is 32.3 Å². The van der Waals surface area contributed by atoms with Gasteiger partial charge >= 0.3 is 5.97 Å². The Morgan fingerprint density at radius 1 is 1.33 bits per heavy atom. The van der Waals surface area contributed by atoms with E-state index in [1.54, 1.807) is 30.8 Å². The van der Waals surface area contributed by atoms with Crippen molar-refractivity contribution in [1.29, 1.82) is 0 Å². The van der Waals surface area contributed by atoms with Crippen molar-refractivity contribution in [3.8, 4) is 0 Å². The molecule has 2 N–H and O–H groups in total. The highest BCUT2D eigenvalue weighted by molar-refractivity contribution is 7.98. The van der Waals surface area contributed by atoms with Crippen LogP contribution in [0.2, 0.25) is 0 Å². The lowest BCUT2D eigenvalue weighted by Gasteiger charge is -2.07. The second kappa shape index (κ2) is 5.46.